The number of aromatic nitrogens is 2. The average Bonchev–Trinajstić information content (AvgIpc) is 3.46. The van der Waals surface area contributed by atoms with E-state index in [0.717, 1.165) is 42.0 Å². The van der Waals surface area contributed by atoms with Crippen LogP contribution < -0.4 is 10.4 Å². The van der Waals surface area contributed by atoms with Crippen LogP contribution in [0.5, 0.6) is 5.75 Å². The quantitative estimate of drug-likeness (QED) is 0.168. The smallest absolute Gasteiger partial charge is 0.336 e. The molecule has 0 saturated carbocycles. The summed E-state index contributed by atoms with van der Waals surface area (Å²) in [5.41, 5.74) is 3.17. The van der Waals surface area contributed by atoms with Crippen LogP contribution in [0.15, 0.2) is 82.0 Å². The summed E-state index contributed by atoms with van der Waals surface area (Å²) >= 11 is 6.74. The number of halogens is 1. The second kappa shape index (κ2) is 10.0. The topological polar surface area (TPSA) is 65.2 Å². The molecule has 3 aromatic heterocycles. The number of hydrogen-bond acceptors (Lipinski definition) is 7. The summed E-state index contributed by atoms with van der Waals surface area (Å²) in [5.74, 6) is 0.658. The van der Waals surface area contributed by atoms with Crippen molar-refractivity contribution in [3.63, 3.8) is 0 Å². The van der Waals surface area contributed by atoms with Crippen LogP contribution in [0.4, 0.5) is 0 Å². The average molecular weight is 551 g/mol. The van der Waals surface area contributed by atoms with Crippen molar-refractivity contribution in [3.05, 3.63) is 98.8 Å². The number of fused-ring (bicyclic) bond motifs is 3. The number of alkyl halides is 1. The summed E-state index contributed by atoms with van der Waals surface area (Å²) in [7, 11) is 0. The highest BCUT2D eigenvalue weighted by molar-refractivity contribution is 9.08. The van der Waals surface area contributed by atoms with Gasteiger partial charge in [-0.25, -0.2) is 14.8 Å². The first kappa shape index (κ1) is 22.7. The van der Waals surface area contributed by atoms with Crippen molar-refractivity contribution in [2.75, 3.05) is 0 Å². The number of ether oxygens (including phenoxy) is 1. The molecule has 34 heavy (non-hydrogen) atoms. The summed E-state index contributed by atoms with van der Waals surface area (Å²) in [4.78, 5) is 20.4. The Kier molecular flexibility index (Phi) is 6.71. The zero-order chi connectivity index (χ0) is 23.5. The van der Waals surface area contributed by atoms with E-state index in [-0.39, 0.29) is 5.63 Å². The second-order valence-electron chi connectivity index (χ2n) is 7.48. The summed E-state index contributed by atoms with van der Waals surface area (Å²) in [6.07, 6.45) is 0. The van der Waals surface area contributed by atoms with Crippen LogP contribution in [-0.4, -0.2) is 9.97 Å². The van der Waals surface area contributed by atoms with Crippen molar-refractivity contribution in [1.82, 2.24) is 9.97 Å². The highest BCUT2D eigenvalue weighted by Crippen LogP contribution is 2.26. The van der Waals surface area contributed by atoms with Crippen LogP contribution >= 0.6 is 38.6 Å². The van der Waals surface area contributed by atoms with Gasteiger partial charge in [-0.05, 0) is 48.9 Å². The van der Waals surface area contributed by atoms with E-state index >= 15 is 0 Å². The molecule has 0 radical (unpaired) electrons. The van der Waals surface area contributed by atoms with Crippen molar-refractivity contribution in [2.24, 2.45) is 0 Å². The Morgan fingerprint density at radius 2 is 1.53 bits per heavy atom. The number of rotatable bonds is 4. The van der Waals surface area contributed by atoms with Crippen LogP contribution in [0, 0.1) is 6.92 Å². The fourth-order valence-electron chi connectivity index (χ4n) is 3.50. The normalized spacial score (nSPS) is 11.0. The van der Waals surface area contributed by atoms with Gasteiger partial charge >= 0.3 is 5.63 Å². The molecule has 0 aliphatic carbocycles. The van der Waals surface area contributed by atoms with Crippen molar-refractivity contribution >= 4 is 70.0 Å². The molecule has 0 saturated heterocycles. The minimum Gasteiger partial charge on any atom is -0.486 e. The minimum atomic E-state index is -0.349. The Morgan fingerprint density at radius 1 is 0.882 bits per heavy atom. The Morgan fingerprint density at radius 3 is 2.21 bits per heavy atom. The first-order chi connectivity index (χ1) is 16.6. The van der Waals surface area contributed by atoms with E-state index in [1.807, 2.05) is 61.5 Å². The molecule has 8 heteroatoms. The largest absolute Gasteiger partial charge is 0.486 e. The van der Waals surface area contributed by atoms with E-state index in [4.69, 9.17) is 9.15 Å². The molecule has 6 rings (SSSR count). The molecule has 0 atom stereocenters. The highest BCUT2D eigenvalue weighted by atomic mass is 79.9. The molecule has 0 bridgehead atoms. The van der Waals surface area contributed by atoms with Crippen LogP contribution in [-0.2, 0) is 11.9 Å². The van der Waals surface area contributed by atoms with Crippen LogP contribution in [0.1, 0.15) is 15.6 Å². The summed E-state index contributed by atoms with van der Waals surface area (Å²) in [5, 5.41) is 3.83. The van der Waals surface area contributed by atoms with Gasteiger partial charge in [0.05, 0.1) is 25.8 Å². The van der Waals surface area contributed by atoms with Gasteiger partial charge in [0.15, 0.2) is 0 Å². The maximum absolute atomic E-state index is 11.5. The maximum Gasteiger partial charge on any atom is 0.336 e. The molecule has 3 aromatic carbocycles. The lowest BCUT2D eigenvalue weighted by Gasteiger charge is -2.06. The minimum absolute atomic E-state index is 0.349. The van der Waals surface area contributed by atoms with E-state index in [2.05, 4.69) is 32.0 Å². The number of benzene rings is 3. The summed E-state index contributed by atoms with van der Waals surface area (Å²) in [6, 6.07) is 23.2. The van der Waals surface area contributed by atoms with Crippen molar-refractivity contribution < 1.29 is 9.15 Å². The molecule has 0 unspecified atom stereocenters. The lowest BCUT2D eigenvalue weighted by Crippen LogP contribution is -1.99. The number of hydrogen-bond donors (Lipinski definition) is 0. The van der Waals surface area contributed by atoms with Crippen molar-refractivity contribution in [3.8, 4) is 5.75 Å². The summed E-state index contributed by atoms with van der Waals surface area (Å²) in [6.45, 7) is 2.28. The third-order valence-electron chi connectivity index (χ3n) is 5.08. The highest BCUT2D eigenvalue weighted by Gasteiger charge is 2.07. The van der Waals surface area contributed by atoms with Gasteiger partial charge in [0, 0.05) is 17.5 Å². The predicted molar refractivity (Wildman–Crippen MR) is 143 cm³/mol. The lowest BCUT2D eigenvalue weighted by molar-refractivity contribution is 0.305. The standard InChI is InChI=1S/C18H13NO3S.C8H6BrNS/c1-11-8-18(20)22-15-9-12(6-7-13(11)15)21-10-17-19-14-4-2-3-5-16(14)23-17;9-5-8-10-6-3-1-2-4-7(6)11-8/h2-9H,10H2,1H3;1-4H,5H2. The van der Waals surface area contributed by atoms with E-state index in [1.54, 1.807) is 28.7 Å². The molecule has 0 fully saturated rings. The molecule has 5 nitrogen and oxygen atoms in total. The van der Waals surface area contributed by atoms with Gasteiger partial charge in [-0.2, -0.15) is 0 Å². The molecule has 0 amide bonds. The molecular formula is C26H19BrN2O3S2. The third-order valence-corrected chi connectivity index (χ3v) is 8.02. The number of thiazole rings is 2. The Bertz CT molecular complexity index is 1590. The Labute approximate surface area is 211 Å². The molecular weight excluding hydrogens is 532 g/mol. The van der Waals surface area contributed by atoms with E-state index < -0.39 is 0 Å². The van der Waals surface area contributed by atoms with Gasteiger partial charge in [0.1, 0.15) is 28.0 Å². The molecule has 0 aliphatic heterocycles. The molecule has 0 spiro atoms. The number of aryl methyl sites for hydroxylation is 1. The predicted octanol–water partition coefficient (Wildman–Crippen LogP) is 7.48. The van der Waals surface area contributed by atoms with Crippen LogP contribution in [0.25, 0.3) is 31.4 Å². The number of para-hydroxylation sites is 2. The first-order valence-electron chi connectivity index (χ1n) is 10.5. The number of nitrogens with zero attached hydrogens (tertiary/aromatic N) is 2. The first-order valence-corrected chi connectivity index (χ1v) is 13.3. The zero-order valence-corrected chi connectivity index (χ0v) is 21.4. The third kappa shape index (κ3) is 5.04. The zero-order valence-electron chi connectivity index (χ0n) is 18.2. The van der Waals surface area contributed by atoms with Crippen LogP contribution in [0.2, 0.25) is 0 Å². The van der Waals surface area contributed by atoms with Crippen LogP contribution in [0.3, 0.4) is 0 Å². The van der Waals surface area contributed by atoms with Gasteiger partial charge in [-0.1, -0.05) is 40.2 Å². The van der Waals surface area contributed by atoms with Gasteiger partial charge in [-0.15, -0.1) is 22.7 Å². The Hall–Kier alpha value is -3.07. The fourth-order valence-corrected chi connectivity index (χ4v) is 5.67. The molecule has 170 valence electrons. The van der Waals surface area contributed by atoms with Gasteiger partial charge in [-0.3, -0.25) is 0 Å². The van der Waals surface area contributed by atoms with E-state index in [9.17, 15) is 4.79 Å². The van der Waals surface area contributed by atoms with E-state index in [1.165, 1.54) is 10.8 Å². The lowest BCUT2D eigenvalue weighted by atomic mass is 10.1. The summed E-state index contributed by atoms with van der Waals surface area (Å²) < 4.78 is 13.4. The Balaban J connectivity index is 0.000000183. The van der Waals surface area contributed by atoms with Crippen molar-refractivity contribution in [2.45, 2.75) is 18.9 Å². The SMILES string of the molecule is BrCc1nc2ccccc2s1.Cc1cc(=O)oc2cc(OCc3nc4ccccc4s3)ccc12. The molecule has 6 aromatic rings. The molecule has 3 heterocycles. The monoisotopic (exact) mass is 550 g/mol. The van der Waals surface area contributed by atoms with Gasteiger partial charge in [0.25, 0.3) is 0 Å². The van der Waals surface area contributed by atoms with Gasteiger partial charge in [0.2, 0.25) is 0 Å². The maximum atomic E-state index is 11.5. The van der Waals surface area contributed by atoms with Crippen molar-refractivity contribution in [1.29, 1.82) is 0 Å². The van der Waals surface area contributed by atoms with E-state index in [0.29, 0.717) is 17.9 Å². The second-order valence-corrected chi connectivity index (χ2v) is 10.3. The molecule has 0 N–H and O–H groups in total. The molecule has 0 aliphatic rings. The fraction of sp³-hybridized carbons (Fsp3) is 0.115. The van der Waals surface area contributed by atoms with Gasteiger partial charge < -0.3 is 9.15 Å².